The van der Waals surface area contributed by atoms with Gasteiger partial charge in [0.1, 0.15) is 11.9 Å². The molecule has 0 aromatic heterocycles. The average Bonchev–Trinajstić information content (AvgIpc) is 3.30. The fraction of sp³-hybridized carbons (Fsp3) is 0.316. The van der Waals surface area contributed by atoms with E-state index < -0.39 is 0 Å². The molecule has 0 N–H and O–H groups in total. The summed E-state index contributed by atoms with van der Waals surface area (Å²) in [7, 11) is 3.14. The molecule has 2 aliphatic heterocycles. The lowest BCUT2D eigenvalue weighted by Gasteiger charge is -2.16. The Morgan fingerprint density at radius 1 is 1.12 bits per heavy atom. The van der Waals surface area contributed by atoms with Gasteiger partial charge in [0, 0.05) is 18.4 Å². The van der Waals surface area contributed by atoms with Gasteiger partial charge in [-0.3, -0.25) is 0 Å². The third-order valence-electron chi connectivity index (χ3n) is 4.42. The van der Waals surface area contributed by atoms with Gasteiger partial charge in [0.05, 0.1) is 19.9 Å². The van der Waals surface area contributed by atoms with E-state index in [4.69, 9.17) is 23.8 Å². The molecule has 7 heteroatoms. The minimum atomic E-state index is -0.276. The first-order valence-corrected chi connectivity index (χ1v) is 8.21. The fourth-order valence-corrected chi connectivity index (χ4v) is 3.20. The first-order chi connectivity index (χ1) is 12.7. The minimum Gasteiger partial charge on any atom is -0.492 e. The molecule has 0 bridgehead atoms. The van der Waals surface area contributed by atoms with Crippen molar-refractivity contribution in [3.8, 4) is 23.0 Å². The Morgan fingerprint density at radius 3 is 2.62 bits per heavy atom. The van der Waals surface area contributed by atoms with Crippen LogP contribution in [-0.2, 0) is 11.3 Å². The Hall–Kier alpha value is -2.96. The molecule has 2 aliphatic rings. The normalized spacial score (nSPS) is 17.7. The lowest BCUT2D eigenvalue weighted by atomic mass is 9.99. The van der Waals surface area contributed by atoms with Crippen LogP contribution in [0.2, 0.25) is 0 Å². The molecule has 0 aliphatic carbocycles. The van der Waals surface area contributed by atoms with Crippen LogP contribution in [0.3, 0.4) is 0 Å². The number of benzene rings is 2. The number of halogens is 1. The van der Waals surface area contributed by atoms with Crippen LogP contribution in [0.25, 0.3) is 0 Å². The highest BCUT2D eigenvalue weighted by Crippen LogP contribution is 2.49. The molecule has 4 rings (SSSR count). The smallest absolute Gasteiger partial charge is 0.231 e. The summed E-state index contributed by atoms with van der Waals surface area (Å²) in [4.78, 5) is 5.57. The number of hydrogen-bond donors (Lipinski definition) is 0. The Morgan fingerprint density at radius 2 is 1.88 bits per heavy atom. The molecule has 0 unspecified atom stereocenters. The summed E-state index contributed by atoms with van der Waals surface area (Å²) in [6, 6.07) is 8.10. The van der Waals surface area contributed by atoms with Crippen LogP contribution in [0.15, 0.2) is 35.5 Å². The highest BCUT2D eigenvalue weighted by molar-refractivity contribution is 6.01. The standard InChI is InChI=1S/C19H18FNO5/c1-22-17-12(8-16-18(19(17)23-2)25-10-24-16)7-14-9-15(21-26-14)11-3-5-13(20)6-4-11/h3-6,8,14H,7,9-10H2,1-2H3/t14-/m0/s1. The molecule has 6 nitrogen and oxygen atoms in total. The summed E-state index contributed by atoms with van der Waals surface area (Å²) in [5, 5.41) is 4.15. The van der Waals surface area contributed by atoms with Crippen molar-refractivity contribution in [3.63, 3.8) is 0 Å². The van der Waals surface area contributed by atoms with Crippen LogP contribution in [0.4, 0.5) is 4.39 Å². The minimum absolute atomic E-state index is 0.149. The summed E-state index contributed by atoms with van der Waals surface area (Å²) in [6.07, 6.45) is 1.02. The van der Waals surface area contributed by atoms with E-state index in [1.807, 2.05) is 6.07 Å². The molecule has 0 amide bonds. The Bertz CT molecular complexity index is 850. The number of nitrogens with zero attached hydrogens (tertiary/aromatic N) is 1. The predicted octanol–water partition coefficient (Wildman–Crippen LogP) is 3.31. The van der Waals surface area contributed by atoms with Gasteiger partial charge in [-0.2, -0.15) is 0 Å². The van der Waals surface area contributed by atoms with Crippen LogP contribution in [0, 0.1) is 5.82 Å². The van der Waals surface area contributed by atoms with Gasteiger partial charge in [-0.25, -0.2) is 4.39 Å². The third-order valence-corrected chi connectivity index (χ3v) is 4.42. The average molecular weight is 359 g/mol. The predicted molar refractivity (Wildman–Crippen MR) is 91.8 cm³/mol. The zero-order valence-electron chi connectivity index (χ0n) is 14.5. The van der Waals surface area contributed by atoms with Gasteiger partial charge in [0.15, 0.2) is 11.5 Å². The number of fused-ring (bicyclic) bond motifs is 1. The number of methoxy groups -OCH3 is 2. The summed E-state index contributed by atoms with van der Waals surface area (Å²) >= 11 is 0. The second-order valence-electron chi connectivity index (χ2n) is 6.02. The maximum atomic E-state index is 13.1. The zero-order valence-corrected chi connectivity index (χ0v) is 14.5. The van der Waals surface area contributed by atoms with Crippen molar-refractivity contribution < 1.29 is 28.2 Å². The van der Waals surface area contributed by atoms with Gasteiger partial charge >= 0.3 is 0 Å². The number of ether oxygens (including phenoxy) is 4. The molecule has 136 valence electrons. The van der Waals surface area contributed by atoms with E-state index in [2.05, 4.69) is 5.16 Å². The van der Waals surface area contributed by atoms with E-state index in [9.17, 15) is 4.39 Å². The molecule has 0 saturated heterocycles. The molecule has 2 heterocycles. The number of rotatable bonds is 5. The van der Waals surface area contributed by atoms with Gasteiger partial charge in [0.25, 0.3) is 0 Å². The van der Waals surface area contributed by atoms with Crippen molar-refractivity contribution in [2.45, 2.75) is 18.9 Å². The monoisotopic (exact) mass is 359 g/mol. The van der Waals surface area contributed by atoms with Crippen molar-refractivity contribution in [2.24, 2.45) is 5.16 Å². The van der Waals surface area contributed by atoms with Crippen molar-refractivity contribution in [1.29, 1.82) is 0 Å². The molecule has 0 spiro atoms. The molecule has 2 aromatic rings. The van der Waals surface area contributed by atoms with Crippen LogP contribution in [0.1, 0.15) is 17.5 Å². The van der Waals surface area contributed by atoms with Crippen molar-refractivity contribution in [1.82, 2.24) is 0 Å². The second-order valence-corrected chi connectivity index (χ2v) is 6.02. The molecular weight excluding hydrogens is 341 g/mol. The summed E-state index contributed by atoms with van der Waals surface area (Å²) < 4.78 is 35.0. The highest BCUT2D eigenvalue weighted by Gasteiger charge is 2.29. The first kappa shape index (κ1) is 16.5. The third kappa shape index (κ3) is 2.89. The SMILES string of the molecule is COc1c(C[C@H]2CC(c3ccc(F)cc3)=NO2)cc2c(c1OC)OCO2. The van der Waals surface area contributed by atoms with Gasteiger partial charge < -0.3 is 23.8 Å². The van der Waals surface area contributed by atoms with Crippen molar-refractivity contribution >= 4 is 5.71 Å². The summed E-state index contributed by atoms with van der Waals surface area (Å²) in [5.41, 5.74) is 2.53. The lowest BCUT2D eigenvalue weighted by molar-refractivity contribution is 0.0853. The molecule has 0 saturated carbocycles. The summed E-state index contributed by atoms with van der Waals surface area (Å²) in [6.45, 7) is 0.149. The Labute approximate surface area is 150 Å². The number of hydrogen-bond acceptors (Lipinski definition) is 6. The molecule has 2 aromatic carbocycles. The highest BCUT2D eigenvalue weighted by atomic mass is 19.1. The van der Waals surface area contributed by atoms with E-state index in [0.29, 0.717) is 35.8 Å². The van der Waals surface area contributed by atoms with Gasteiger partial charge in [-0.1, -0.05) is 17.3 Å². The van der Waals surface area contributed by atoms with Crippen LogP contribution in [-0.4, -0.2) is 32.8 Å². The Balaban J connectivity index is 1.54. The maximum Gasteiger partial charge on any atom is 0.231 e. The van der Waals surface area contributed by atoms with Crippen molar-refractivity contribution in [3.05, 3.63) is 47.3 Å². The van der Waals surface area contributed by atoms with Gasteiger partial charge in [-0.15, -0.1) is 0 Å². The molecule has 0 radical (unpaired) electrons. The fourth-order valence-electron chi connectivity index (χ4n) is 3.20. The largest absolute Gasteiger partial charge is 0.492 e. The molecular formula is C19H18FNO5. The van der Waals surface area contributed by atoms with Crippen LogP contribution < -0.4 is 18.9 Å². The topological polar surface area (TPSA) is 58.5 Å². The van der Waals surface area contributed by atoms with Crippen LogP contribution in [0.5, 0.6) is 23.0 Å². The zero-order chi connectivity index (χ0) is 18.1. The van der Waals surface area contributed by atoms with Crippen LogP contribution >= 0.6 is 0 Å². The maximum absolute atomic E-state index is 13.1. The van der Waals surface area contributed by atoms with Crippen molar-refractivity contribution in [2.75, 3.05) is 21.0 Å². The first-order valence-electron chi connectivity index (χ1n) is 8.21. The summed E-state index contributed by atoms with van der Waals surface area (Å²) in [5.74, 6) is 1.99. The van der Waals surface area contributed by atoms with E-state index in [1.165, 1.54) is 12.1 Å². The molecule has 0 fully saturated rings. The quantitative estimate of drug-likeness (QED) is 0.820. The van der Waals surface area contributed by atoms with E-state index in [0.717, 1.165) is 16.8 Å². The van der Waals surface area contributed by atoms with Gasteiger partial charge in [0.2, 0.25) is 18.3 Å². The lowest BCUT2D eigenvalue weighted by Crippen LogP contribution is -2.13. The van der Waals surface area contributed by atoms with E-state index >= 15 is 0 Å². The van der Waals surface area contributed by atoms with Gasteiger partial charge in [-0.05, 0) is 23.8 Å². The Kier molecular flexibility index (Phi) is 4.28. The second kappa shape index (κ2) is 6.74. The molecule has 1 atom stereocenters. The number of oxime groups is 1. The molecule has 26 heavy (non-hydrogen) atoms. The van der Waals surface area contributed by atoms with E-state index in [-0.39, 0.29) is 18.7 Å². The van der Waals surface area contributed by atoms with E-state index in [1.54, 1.807) is 26.4 Å².